The highest BCUT2D eigenvalue weighted by Gasteiger charge is 2.33. The number of aryl methyl sites for hydroxylation is 2. The number of carbonyl (C=O) groups excluding carboxylic acids is 1. The number of aromatic amines is 1. The number of nitrogens with two attached hydrogens (primary N) is 1. The van der Waals surface area contributed by atoms with Gasteiger partial charge in [0, 0.05) is 18.3 Å². The summed E-state index contributed by atoms with van der Waals surface area (Å²) in [6, 6.07) is 1.97. The number of amides is 1. The lowest BCUT2D eigenvalue weighted by atomic mass is 10.1. The zero-order valence-electron chi connectivity index (χ0n) is 12.1. The van der Waals surface area contributed by atoms with Crippen molar-refractivity contribution < 1.29 is 4.79 Å². The van der Waals surface area contributed by atoms with Crippen LogP contribution in [-0.2, 0) is 0 Å². The Bertz CT molecular complexity index is 556. The molecule has 0 saturated carbocycles. The molecule has 5 nitrogen and oxygen atoms in total. The Morgan fingerprint density at radius 1 is 1.50 bits per heavy atom. The van der Waals surface area contributed by atoms with Gasteiger partial charge >= 0.3 is 0 Å². The molecule has 6 heteroatoms. The molecule has 1 aliphatic rings. The molecule has 0 radical (unpaired) electrons. The normalized spacial score (nSPS) is 21.7. The van der Waals surface area contributed by atoms with Crippen LogP contribution in [0.5, 0.6) is 0 Å². The lowest BCUT2D eigenvalue weighted by Gasteiger charge is -2.22. The number of likely N-dealkylation sites (tertiary alicyclic amines) is 1. The predicted molar refractivity (Wildman–Crippen MR) is 81.4 cm³/mol. The van der Waals surface area contributed by atoms with Gasteiger partial charge in [0.15, 0.2) is 0 Å². The number of aromatic nitrogens is 1. The highest BCUT2D eigenvalue weighted by Crippen LogP contribution is 2.24. The zero-order valence-corrected chi connectivity index (χ0v) is 12.9. The molecule has 2 heterocycles. The third-order valence-corrected chi connectivity index (χ3v) is 3.83. The van der Waals surface area contributed by atoms with Crippen molar-refractivity contribution in [2.75, 3.05) is 13.1 Å². The van der Waals surface area contributed by atoms with Crippen LogP contribution in [0.3, 0.4) is 0 Å². The van der Waals surface area contributed by atoms with E-state index in [1.54, 1.807) is 11.8 Å². The van der Waals surface area contributed by atoms with Crippen LogP contribution in [0, 0.1) is 19.8 Å². The van der Waals surface area contributed by atoms with Crippen LogP contribution in [0.1, 0.15) is 35.0 Å². The fraction of sp³-hybridized carbons (Fsp3) is 0.571. The maximum Gasteiger partial charge on any atom is 0.261 e. The predicted octanol–water partition coefficient (Wildman–Crippen LogP) is 1.22. The topological polar surface area (TPSA) is 79.2 Å². The molecule has 2 atom stereocenters. The van der Waals surface area contributed by atoms with E-state index in [1.807, 2.05) is 19.9 Å². The first-order valence-corrected chi connectivity index (χ1v) is 6.65. The molecule has 112 valence electrons. The average Bonchev–Trinajstić information content (AvgIpc) is 2.69. The minimum absolute atomic E-state index is 0. The van der Waals surface area contributed by atoms with Crippen LogP contribution in [0.4, 0.5) is 0 Å². The second-order valence-electron chi connectivity index (χ2n) is 5.48. The summed E-state index contributed by atoms with van der Waals surface area (Å²) in [6.07, 6.45) is 0.908. The summed E-state index contributed by atoms with van der Waals surface area (Å²) in [6.45, 7) is 6.84. The van der Waals surface area contributed by atoms with Crippen LogP contribution >= 0.6 is 12.4 Å². The summed E-state index contributed by atoms with van der Waals surface area (Å²) in [5, 5.41) is 0. The number of hydrogen-bond donors (Lipinski definition) is 2. The molecule has 1 saturated heterocycles. The molecule has 0 bridgehead atoms. The first-order chi connectivity index (χ1) is 8.93. The van der Waals surface area contributed by atoms with Crippen molar-refractivity contribution in [1.82, 2.24) is 9.88 Å². The average molecular weight is 300 g/mol. The summed E-state index contributed by atoms with van der Waals surface area (Å²) < 4.78 is 0. The minimum Gasteiger partial charge on any atom is -0.335 e. The summed E-state index contributed by atoms with van der Waals surface area (Å²) in [4.78, 5) is 29.0. The van der Waals surface area contributed by atoms with E-state index < -0.39 is 0 Å². The molecule has 0 spiro atoms. The van der Waals surface area contributed by atoms with Crippen molar-refractivity contribution in [2.45, 2.75) is 33.2 Å². The molecule has 0 aliphatic carbocycles. The molecule has 2 rings (SSSR count). The summed E-state index contributed by atoms with van der Waals surface area (Å²) in [5.41, 5.74) is 7.13. The van der Waals surface area contributed by atoms with Crippen LogP contribution in [0.2, 0.25) is 0 Å². The molecule has 0 aromatic carbocycles. The first-order valence-electron chi connectivity index (χ1n) is 6.65. The van der Waals surface area contributed by atoms with Gasteiger partial charge in [-0.3, -0.25) is 9.59 Å². The second kappa shape index (κ2) is 6.41. The second-order valence-corrected chi connectivity index (χ2v) is 5.48. The molecular formula is C14H22ClN3O2. The first kappa shape index (κ1) is 16.7. The Morgan fingerprint density at radius 3 is 2.65 bits per heavy atom. The standard InChI is InChI=1S/C14H21N3O2.ClH/c1-8-4-9(2)16-13(18)12(8)14(19)17-7-11(6-15)5-10(17)3;/h4,10-11H,5-7,15H2,1-3H3,(H,16,18);1H. The zero-order chi connectivity index (χ0) is 14.2. The van der Waals surface area contributed by atoms with Gasteiger partial charge in [0.2, 0.25) is 0 Å². The van der Waals surface area contributed by atoms with Gasteiger partial charge in [-0.1, -0.05) is 0 Å². The Balaban J connectivity index is 0.00000200. The van der Waals surface area contributed by atoms with E-state index >= 15 is 0 Å². The van der Waals surface area contributed by atoms with Gasteiger partial charge in [-0.15, -0.1) is 12.4 Å². The largest absolute Gasteiger partial charge is 0.335 e. The number of nitrogens with one attached hydrogen (secondary N) is 1. The summed E-state index contributed by atoms with van der Waals surface area (Å²) in [7, 11) is 0. The van der Waals surface area contributed by atoms with Crippen molar-refractivity contribution in [3.8, 4) is 0 Å². The third kappa shape index (κ3) is 3.04. The smallest absolute Gasteiger partial charge is 0.261 e. The van der Waals surface area contributed by atoms with Crippen molar-refractivity contribution in [3.05, 3.63) is 33.2 Å². The summed E-state index contributed by atoms with van der Waals surface area (Å²) in [5.74, 6) is 0.158. The van der Waals surface area contributed by atoms with Gasteiger partial charge in [-0.25, -0.2) is 0 Å². The van der Waals surface area contributed by atoms with E-state index in [0.717, 1.165) is 17.7 Å². The number of halogens is 1. The molecule has 20 heavy (non-hydrogen) atoms. The summed E-state index contributed by atoms with van der Waals surface area (Å²) >= 11 is 0. The molecule has 1 aromatic heterocycles. The number of nitrogens with zero attached hydrogens (tertiary/aromatic N) is 1. The Kier molecular flexibility index (Phi) is 5.36. The molecule has 2 unspecified atom stereocenters. The monoisotopic (exact) mass is 299 g/mol. The Hall–Kier alpha value is -1.33. The number of carbonyl (C=O) groups is 1. The lowest BCUT2D eigenvalue weighted by Crippen LogP contribution is -2.38. The van der Waals surface area contributed by atoms with Crippen LogP contribution < -0.4 is 11.3 Å². The molecular weight excluding hydrogens is 278 g/mol. The Labute approximate surface area is 125 Å². The van der Waals surface area contributed by atoms with E-state index in [1.165, 1.54) is 0 Å². The van der Waals surface area contributed by atoms with Crippen LogP contribution in [0.25, 0.3) is 0 Å². The van der Waals surface area contributed by atoms with E-state index in [2.05, 4.69) is 4.98 Å². The van der Waals surface area contributed by atoms with E-state index in [0.29, 0.717) is 19.0 Å². The van der Waals surface area contributed by atoms with Crippen molar-refractivity contribution >= 4 is 18.3 Å². The lowest BCUT2D eigenvalue weighted by molar-refractivity contribution is 0.0741. The minimum atomic E-state index is -0.300. The van der Waals surface area contributed by atoms with E-state index in [4.69, 9.17) is 5.73 Å². The van der Waals surface area contributed by atoms with E-state index in [-0.39, 0.29) is 35.5 Å². The maximum absolute atomic E-state index is 12.5. The molecule has 1 fully saturated rings. The maximum atomic E-state index is 12.5. The number of pyridine rings is 1. The quantitative estimate of drug-likeness (QED) is 0.862. The van der Waals surface area contributed by atoms with Gasteiger partial charge in [0.05, 0.1) is 0 Å². The van der Waals surface area contributed by atoms with Crippen LogP contribution in [-0.4, -0.2) is 34.9 Å². The van der Waals surface area contributed by atoms with Crippen molar-refractivity contribution in [2.24, 2.45) is 11.7 Å². The van der Waals surface area contributed by atoms with E-state index in [9.17, 15) is 9.59 Å². The van der Waals surface area contributed by atoms with Crippen LogP contribution in [0.15, 0.2) is 10.9 Å². The number of hydrogen-bond acceptors (Lipinski definition) is 3. The molecule has 3 N–H and O–H groups in total. The fourth-order valence-corrected chi connectivity index (χ4v) is 2.86. The molecule has 1 aromatic rings. The fourth-order valence-electron chi connectivity index (χ4n) is 2.86. The number of H-pyrrole nitrogens is 1. The molecule has 1 amide bonds. The van der Waals surface area contributed by atoms with Crippen molar-refractivity contribution in [3.63, 3.8) is 0 Å². The third-order valence-electron chi connectivity index (χ3n) is 3.83. The SMILES string of the molecule is Cc1cc(C)c(C(=O)N2CC(CN)CC2C)c(=O)[nH]1.Cl. The van der Waals surface area contributed by atoms with Gasteiger partial charge in [0.25, 0.3) is 11.5 Å². The number of rotatable bonds is 2. The van der Waals surface area contributed by atoms with Gasteiger partial charge in [-0.05, 0) is 51.3 Å². The van der Waals surface area contributed by atoms with Crippen molar-refractivity contribution in [1.29, 1.82) is 0 Å². The van der Waals surface area contributed by atoms with Gasteiger partial charge in [-0.2, -0.15) is 0 Å². The highest BCUT2D eigenvalue weighted by molar-refractivity contribution is 5.95. The Morgan fingerprint density at radius 2 is 2.15 bits per heavy atom. The van der Waals surface area contributed by atoms with Gasteiger partial charge < -0.3 is 15.6 Å². The van der Waals surface area contributed by atoms with Gasteiger partial charge in [0.1, 0.15) is 5.56 Å². The molecule has 1 aliphatic heterocycles. The highest BCUT2D eigenvalue weighted by atomic mass is 35.5.